The molecule has 0 saturated carbocycles. The van der Waals surface area contributed by atoms with Crippen LogP contribution in [0.15, 0.2) is 53.4 Å². The normalized spacial score (nSPS) is 13.2. The Bertz CT molecular complexity index is 927. The predicted molar refractivity (Wildman–Crippen MR) is 113 cm³/mol. The van der Waals surface area contributed by atoms with Crippen molar-refractivity contribution in [3.63, 3.8) is 0 Å². The Balaban J connectivity index is 2.21. The monoisotopic (exact) mass is 419 g/mol. The molecule has 158 valence electrons. The number of hydrogen-bond donors (Lipinski definition) is 1. The molecule has 1 N–H and O–H groups in total. The van der Waals surface area contributed by atoms with Crippen LogP contribution in [0.25, 0.3) is 11.1 Å². The van der Waals surface area contributed by atoms with Gasteiger partial charge in [-0.1, -0.05) is 38.1 Å². The Hall–Kier alpha value is -2.38. The fraction of sp³-hybridized carbons (Fsp3) is 0.409. The van der Waals surface area contributed by atoms with Crippen molar-refractivity contribution in [1.29, 1.82) is 0 Å². The molecule has 0 bridgehead atoms. The van der Waals surface area contributed by atoms with E-state index in [-0.39, 0.29) is 10.8 Å². The number of benzene rings is 2. The highest BCUT2D eigenvalue weighted by Crippen LogP contribution is 2.24. The molecule has 0 aliphatic heterocycles. The number of methoxy groups -OCH3 is 1. The highest BCUT2D eigenvalue weighted by atomic mass is 32.2. The first-order chi connectivity index (χ1) is 13.4. The zero-order valence-electron chi connectivity index (χ0n) is 17.7. The lowest BCUT2D eigenvalue weighted by atomic mass is 10.1. The molecule has 0 unspecified atom stereocenters. The summed E-state index contributed by atoms with van der Waals surface area (Å²) in [7, 11) is -2.29. The molecule has 0 aliphatic rings. The van der Waals surface area contributed by atoms with Gasteiger partial charge in [0, 0.05) is 0 Å². The van der Waals surface area contributed by atoms with Gasteiger partial charge in [0.15, 0.2) is 0 Å². The molecule has 2 rings (SSSR count). The molecule has 0 radical (unpaired) electrons. The van der Waals surface area contributed by atoms with Crippen LogP contribution < -0.4 is 9.46 Å². The van der Waals surface area contributed by atoms with E-state index in [1.54, 1.807) is 53.9 Å². The van der Waals surface area contributed by atoms with Gasteiger partial charge in [0.1, 0.15) is 17.4 Å². The van der Waals surface area contributed by atoms with Gasteiger partial charge in [-0.2, -0.15) is 4.72 Å². The van der Waals surface area contributed by atoms with Crippen LogP contribution in [-0.2, 0) is 19.6 Å². The van der Waals surface area contributed by atoms with Crippen molar-refractivity contribution >= 4 is 16.0 Å². The fourth-order valence-corrected chi connectivity index (χ4v) is 4.00. The molecule has 2 aromatic carbocycles. The summed E-state index contributed by atoms with van der Waals surface area (Å²) >= 11 is 0. The van der Waals surface area contributed by atoms with Crippen molar-refractivity contribution in [2.75, 3.05) is 7.11 Å². The van der Waals surface area contributed by atoms with Crippen LogP contribution >= 0.6 is 0 Å². The molecule has 2 aromatic rings. The molecule has 0 heterocycles. The average molecular weight is 420 g/mol. The quantitative estimate of drug-likeness (QED) is 0.686. The van der Waals surface area contributed by atoms with Gasteiger partial charge in [-0.3, -0.25) is 4.79 Å². The van der Waals surface area contributed by atoms with E-state index in [2.05, 4.69) is 4.72 Å². The number of carbonyl (C=O) groups excluding carboxylic acids is 1. The van der Waals surface area contributed by atoms with Crippen LogP contribution in [0, 0.1) is 5.92 Å². The van der Waals surface area contributed by atoms with Crippen LogP contribution in [0.4, 0.5) is 0 Å². The van der Waals surface area contributed by atoms with E-state index in [9.17, 15) is 13.2 Å². The summed E-state index contributed by atoms with van der Waals surface area (Å²) < 4.78 is 38.6. The predicted octanol–water partition coefficient (Wildman–Crippen LogP) is 4.01. The van der Waals surface area contributed by atoms with Crippen LogP contribution in [0.2, 0.25) is 0 Å². The maximum Gasteiger partial charge on any atom is 0.324 e. The van der Waals surface area contributed by atoms with Crippen LogP contribution in [0.3, 0.4) is 0 Å². The third-order valence-corrected chi connectivity index (χ3v) is 5.65. The number of sulfonamides is 1. The number of hydrogen-bond acceptors (Lipinski definition) is 5. The van der Waals surface area contributed by atoms with E-state index in [0.29, 0.717) is 0 Å². The molecule has 1 atom stereocenters. The number of rotatable bonds is 7. The minimum atomic E-state index is -3.89. The maximum atomic E-state index is 12.8. The molecule has 0 aromatic heterocycles. The average Bonchev–Trinajstić information content (AvgIpc) is 2.64. The third-order valence-electron chi connectivity index (χ3n) is 4.20. The zero-order valence-corrected chi connectivity index (χ0v) is 18.5. The molecular formula is C22H29NO5S. The molecule has 6 nitrogen and oxygen atoms in total. The second-order valence-corrected chi connectivity index (χ2v) is 9.84. The van der Waals surface area contributed by atoms with E-state index in [1.807, 2.05) is 24.3 Å². The molecule has 7 heteroatoms. The Morgan fingerprint density at radius 1 is 0.931 bits per heavy atom. The lowest BCUT2D eigenvalue weighted by molar-refractivity contribution is -0.158. The molecule has 0 saturated heterocycles. The van der Waals surface area contributed by atoms with E-state index in [0.717, 1.165) is 16.9 Å². The zero-order chi connectivity index (χ0) is 21.8. The Labute approximate surface area is 173 Å². The van der Waals surface area contributed by atoms with Crippen molar-refractivity contribution in [1.82, 2.24) is 4.72 Å². The minimum absolute atomic E-state index is 0.0870. The van der Waals surface area contributed by atoms with E-state index in [1.165, 1.54) is 12.1 Å². The molecule has 0 fully saturated rings. The van der Waals surface area contributed by atoms with Gasteiger partial charge in [-0.15, -0.1) is 0 Å². The van der Waals surface area contributed by atoms with Gasteiger partial charge >= 0.3 is 5.97 Å². The van der Waals surface area contributed by atoms with Crippen molar-refractivity contribution in [3.8, 4) is 16.9 Å². The first-order valence-corrected chi connectivity index (χ1v) is 10.9. The molecule has 0 amide bonds. The van der Waals surface area contributed by atoms with Crippen LogP contribution in [0.1, 0.15) is 34.6 Å². The first kappa shape index (κ1) is 22.9. The summed E-state index contributed by atoms with van der Waals surface area (Å²) in [6, 6.07) is 13.0. The highest BCUT2D eigenvalue weighted by molar-refractivity contribution is 7.89. The van der Waals surface area contributed by atoms with Gasteiger partial charge < -0.3 is 9.47 Å². The first-order valence-electron chi connectivity index (χ1n) is 9.42. The van der Waals surface area contributed by atoms with Crippen molar-refractivity contribution < 1.29 is 22.7 Å². The van der Waals surface area contributed by atoms with E-state index >= 15 is 0 Å². The summed E-state index contributed by atoms with van der Waals surface area (Å²) in [5.74, 6) is -0.108. The number of carbonyl (C=O) groups is 1. The summed E-state index contributed by atoms with van der Waals surface area (Å²) in [5.41, 5.74) is 1.12. The van der Waals surface area contributed by atoms with Gasteiger partial charge in [-0.05, 0) is 62.1 Å². The van der Waals surface area contributed by atoms with Gasteiger partial charge in [0.2, 0.25) is 10.0 Å². The van der Waals surface area contributed by atoms with Crippen molar-refractivity contribution in [3.05, 3.63) is 48.5 Å². The van der Waals surface area contributed by atoms with Gasteiger partial charge in [0.05, 0.1) is 12.0 Å². The smallest absolute Gasteiger partial charge is 0.324 e. The Kier molecular flexibility index (Phi) is 7.08. The van der Waals surface area contributed by atoms with Crippen LogP contribution in [0.5, 0.6) is 5.75 Å². The van der Waals surface area contributed by atoms with Crippen molar-refractivity contribution in [2.24, 2.45) is 5.92 Å². The summed E-state index contributed by atoms with van der Waals surface area (Å²) in [5, 5.41) is 0. The lowest BCUT2D eigenvalue weighted by Gasteiger charge is -2.26. The Morgan fingerprint density at radius 2 is 1.41 bits per heavy atom. The van der Waals surface area contributed by atoms with Gasteiger partial charge in [0.25, 0.3) is 0 Å². The molecule has 29 heavy (non-hydrogen) atoms. The summed E-state index contributed by atoms with van der Waals surface area (Å²) in [6.07, 6.45) is 0. The maximum absolute atomic E-state index is 12.8. The molecular weight excluding hydrogens is 390 g/mol. The number of esters is 1. The Morgan fingerprint density at radius 3 is 1.83 bits per heavy atom. The lowest BCUT2D eigenvalue weighted by Crippen LogP contribution is -2.47. The third kappa shape index (κ3) is 6.30. The number of ether oxygens (including phenoxy) is 2. The van der Waals surface area contributed by atoms with E-state index in [4.69, 9.17) is 9.47 Å². The minimum Gasteiger partial charge on any atom is -0.497 e. The second kappa shape index (κ2) is 8.97. The fourth-order valence-electron chi connectivity index (χ4n) is 2.67. The summed E-state index contributed by atoms with van der Waals surface area (Å²) in [4.78, 5) is 12.5. The topological polar surface area (TPSA) is 81.7 Å². The molecule has 0 aliphatic carbocycles. The standard InChI is InChI=1S/C22H29NO5S/c1-15(2)20(21(24)28-22(3,4)5)23-29(25,26)19-13-9-17(10-14-19)16-7-11-18(27-6)12-8-16/h7-15,20,23H,1-6H3/t20-/m1/s1. The SMILES string of the molecule is COc1ccc(-c2ccc(S(=O)(=O)N[C@@H](C(=O)OC(C)(C)C)C(C)C)cc2)cc1. The van der Waals surface area contributed by atoms with Gasteiger partial charge in [-0.25, -0.2) is 8.42 Å². The summed E-state index contributed by atoms with van der Waals surface area (Å²) in [6.45, 7) is 8.77. The number of nitrogens with one attached hydrogen (secondary N) is 1. The van der Waals surface area contributed by atoms with Crippen molar-refractivity contribution in [2.45, 2.75) is 51.2 Å². The largest absolute Gasteiger partial charge is 0.497 e. The van der Waals surface area contributed by atoms with E-state index < -0.39 is 27.6 Å². The second-order valence-electron chi connectivity index (χ2n) is 8.13. The highest BCUT2D eigenvalue weighted by Gasteiger charge is 2.32. The molecule has 0 spiro atoms. The van der Waals surface area contributed by atoms with Crippen LogP contribution in [-0.4, -0.2) is 33.1 Å².